The van der Waals surface area contributed by atoms with Gasteiger partial charge in [-0.3, -0.25) is 4.57 Å². The van der Waals surface area contributed by atoms with Gasteiger partial charge in [-0.1, -0.05) is 109 Å². The van der Waals surface area contributed by atoms with Crippen LogP contribution < -0.4 is 0 Å². The van der Waals surface area contributed by atoms with E-state index in [9.17, 15) is 19.5 Å². The highest BCUT2D eigenvalue weighted by Crippen LogP contribution is 2.52. The number of likely N-dealkylation sites (N-methyl/N-ethyl adjacent to an activating group) is 1. The molecule has 0 aromatic heterocycles. The Morgan fingerprint density at radius 2 is 1.00 bits per heavy atom. The molecule has 0 saturated carbocycles. The number of allylic oxidation sites excluding steroid dienone is 2. The molecule has 0 radical (unpaired) electrons. The first-order chi connectivity index (χ1) is 16.0. The van der Waals surface area contributed by atoms with E-state index in [1.54, 1.807) is 0 Å². The Labute approximate surface area is 212 Å². The fourth-order valence-corrected chi connectivity index (χ4v) is 5.67. The zero-order chi connectivity index (χ0) is 25.8. The van der Waals surface area contributed by atoms with Gasteiger partial charge in [-0.15, -0.1) is 0 Å². The van der Waals surface area contributed by atoms with Crippen molar-refractivity contribution in [3.63, 3.8) is 0 Å². The van der Waals surface area contributed by atoms with Crippen molar-refractivity contribution in [2.24, 2.45) is 0 Å². The summed E-state index contributed by atoms with van der Waals surface area (Å²) in [6.45, 7) is 2.33. The molecule has 5 nitrogen and oxygen atoms in total. The second kappa shape index (κ2) is 19.9. The van der Waals surface area contributed by atoms with Crippen LogP contribution >= 0.6 is 7.60 Å². The zero-order valence-corrected chi connectivity index (χ0v) is 24.0. The van der Waals surface area contributed by atoms with Gasteiger partial charge in [-0.05, 0) is 38.5 Å². The lowest BCUT2D eigenvalue weighted by atomic mass is 10.0. The molecule has 34 heavy (non-hydrogen) atoms. The molecule has 1 atom stereocenters. The van der Waals surface area contributed by atoms with E-state index in [0.717, 1.165) is 19.3 Å². The van der Waals surface area contributed by atoms with Crippen molar-refractivity contribution >= 4 is 7.60 Å². The molecule has 6 heteroatoms. The van der Waals surface area contributed by atoms with Crippen LogP contribution in [-0.2, 0) is 4.57 Å². The second-order valence-electron chi connectivity index (χ2n) is 11.4. The van der Waals surface area contributed by atoms with Crippen molar-refractivity contribution in [3.8, 4) is 0 Å². The summed E-state index contributed by atoms with van der Waals surface area (Å²) >= 11 is 0. The Morgan fingerprint density at radius 3 is 1.35 bits per heavy atom. The Balaban J connectivity index is 3.54. The van der Waals surface area contributed by atoms with Crippen LogP contribution in [0, 0.1) is 0 Å². The van der Waals surface area contributed by atoms with E-state index in [-0.39, 0.29) is 13.0 Å². The molecule has 0 fully saturated rings. The maximum Gasteiger partial charge on any atom is 0.362 e. The van der Waals surface area contributed by atoms with Crippen LogP contribution in [0.15, 0.2) is 12.2 Å². The van der Waals surface area contributed by atoms with E-state index in [0.29, 0.717) is 10.9 Å². The van der Waals surface area contributed by atoms with Gasteiger partial charge in [0.15, 0.2) is 0 Å². The first kappa shape index (κ1) is 33.8. The van der Waals surface area contributed by atoms with E-state index in [1.165, 1.54) is 96.3 Å². The first-order valence-electron chi connectivity index (χ1n) is 14.3. The third-order valence-corrected chi connectivity index (χ3v) is 8.06. The highest BCUT2D eigenvalue weighted by atomic mass is 31.2. The van der Waals surface area contributed by atoms with Gasteiger partial charge in [0.25, 0.3) is 0 Å². The Hall–Kier alpha value is -0.190. The minimum atomic E-state index is -4.55. The summed E-state index contributed by atoms with van der Waals surface area (Å²) in [5.74, 6) is 0. The predicted octanol–water partition coefficient (Wildman–Crippen LogP) is 7.94. The number of hydrogen-bond acceptors (Lipinski definition) is 2. The molecular formula is C28H59NO4P+. The van der Waals surface area contributed by atoms with E-state index in [1.807, 2.05) is 21.1 Å². The molecule has 0 heterocycles. The number of unbranched alkanes of at least 4 members (excludes halogenated alkanes) is 17. The summed E-state index contributed by atoms with van der Waals surface area (Å²) in [5, 5.41) is 8.65. The van der Waals surface area contributed by atoms with Crippen LogP contribution in [0.3, 0.4) is 0 Å². The molecule has 0 saturated heterocycles. The lowest BCUT2D eigenvalue weighted by Crippen LogP contribution is -2.49. The number of nitrogens with zero attached hydrogens (tertiary/aromatic N) is 1. The van der Waals surface area contributed by atoms with E-state index < -0.39 is 12.9 Å². The number of aliphatic hydroxyl groups is 1. The van der Waals surface area contributed by atoms with Crippen LogP contribution in [0.1, 0.15) is 135 Å². The van der Waals surface area contributed by atoms with Crippen molar-refractivity contribution in [2.75, 3.05) is 27.7 Å². The summed E-state index contributed by atoms with van der Waals surface area (Å²) < 4.78 is 12.1. The van der Waals surface area contributed by atoms with Crippen LogP contribution in [0.25, 0.3) is 0 Å². The number of quaternary nitrogens is 1. The van der Waals surface area contributed by atoms with Crippen molar-refractivity contribution in [1.29, 1.82) is 0 Å². The van der Waals surface area contributed by atoms with Gasteiger partial charge in [0.05, 0.1) is 21.1 Å². The molecule has 0 amide bonds. The van der Waals surface area contributed by atoms with Crippen LogP contribution in [0.4, 0.5) is 0 Å². The molecule has 1 unspecified atom stereocenters. The quantitative estimate of drug-likeness (QED) is 0.0539. The summed E-state index contributed by atoms with van der Waals surface area (Å²) in [6, 6.07) is 0. The number of rotatable bonds is 24. The van der Waals surface area contributed by atoms with Crippen LogP contribution in [0.2, 0.25) is 0 Å². The highest BCUT2D eigenvalue weighted by molar-refractivity contribution is 7.53. The van der Waals surface area contributed by atoms with Gasteiger partial charge in [-0.25, -0.2) is 0 Å². The highest BCUT2D eigenvalue weighted by Gasteiger charge is 2.48. The lowest BCUT2D eigenvalue weighted by Gasteiger charge is -2.35. The largest absolute Gasteiger partial charge is 0.373 e. The van der Waals surface area contributed by atoms with Gasteiger partial charge in [-0.2, -0.15) is 0 Å². The Kier molecular flexibility index (Phi) is 19.8. The van der Waals surface area contributed by atoms with Gasteiger partial charge < -0.3 is 19.4 Å². The predicted molar refractivity (Wildman–Crippen MR) is 147 cm³/mol. The number of hydrogen-bond donors (Lipinski definition) is 3. The van der Waals surface area contributed by atoms with Gasteiger partial charge in [0, 0.05) is 0 Å². The first-order valence-corrected chi connectivity index (χ1v) is 15.9. The van der Waals surface area contributed by atoms with E-state index in [2.05, 4.69) is 19.1 Å². The van der Waals surface area contributed by atoms with Gasteiger partial charge in [0.1, 0.15) is 6.54 Å². The fourth-order valence-electron chi connectivity index (χ4n) is 4.62. The zero-order valence-electron chi connectivity index (χ0n) is 23.1. The molecule has 0 aliphatic heterocycles. The summed E-state index contributed by atoms with van der Waals surface area (Å²) in [5.41, 5.74) is 0. The standard InChI is InChI=1S/C28H58NO4P/c1-5-6-7-8-9-10-11-12-13-14-15-16-17-18-19-20-21-22-23-24-25-26-28(30,34(31,32)33)27-29(2,3)4/h15-16,30H,5-14,17-27H2,1-4H3,(H-,31,32,33)/p+1/b16-15-. The van der Waals surface area contributed by atoms with Crippen molar-refractivity contribution in [2.45, 2.75) is 141 Å². The molecule has 0 aromatic rings. The summed E-state index contributed by atoms with van der Waals surface area (Å²) in [7, 11) is 0.979. The normalized spacial score (nSPS) is 14.7. The molecule has 0 aromatic carbocycles. The molecule has 3 N–H and O–H groups in total. The van der Waals surface area contributed by atoms with Gasteiger partial charge >= 0.3 is 7.60 Å². The summed E-state index contributed by atoms with van der Waals surface area (Å²) in [4.78, 5) is 19.2. The minimum Gasteiger partial charge on any atom is -0.373 e. The average molecular weight is 505 g/mol. The molecule has 0 aliphatic carbocycles. The van der Waals surface area contributed by atoms with E-state index >= 15 is 0 Å². The monoisotopic (exact) mass is 504 g/mol. The minimum absolute atomic E-state index is 0.0604. The van der Waals surface area contributed by atoms with Crippen molar-refractivity contribution in [1.82, 2.24) is 0 Å². The second-order valence-corrected chi connectivity index (χ2v) is 13.4. The van der Waals surface area contributed by atoms with Gasteiger partial charge in [0.2, 0.25) is 5.34 Å². The Bertz CT molecular complexity index is 541. The maximum atomic E-state index is 11.8. The smallest absolute Gasteiger partial charge is 0.362 e. The topological polar surface area (TPSA) is 77.8 Å². The van der Waals surface area contributed by atoms with Crippen LogP contribution in [-0.4, -0.2) is 52.4 Å². The molecule has 0 rings (SSSR count). The van der Waals surface area contributed by atoms with Crippen molar-refractivity contribution in [3.05, 3.63) is 12.2 Å². The SMILES string of the molecule is CCCCCCCCCCC/C=C\CCCCCCCCCCC(O)(C[N+](C)(C)C)P(=O)(O)O. The molecule has 204 valence electrons. The van der Waals surface area contributed by atoms with E-state index in [4.69, 9.17) is 0 Å². The molecular weight excluding hydrogens is 445 g/mol. The Morgan fingerprint density at radius 1 is 0.647 bits per heavy atom. The average Bonchev–Trinajstić information content (AvgIpc) is 2.73. The third-order valence-electron chi connectivity index (χ3n) is 6.61. The molecule has 0 spiro atoms. The molecule has 0 bridgehead atoms. The lowest BCUT2D eigenvalue weighted by molar-refractivity contribution is -0.875. The third kappa shape index (κ3) is 20.0. The summed E-state index contributed by atoms with van der Waals surface area (Å²) in [6.07, 6.45) is 28.7. The van der Waals surface area contributed by atoms with Crippen LogP contribution in [0.5, 0.6) is 0 Å². The van der Waals surface area contributed by atoms with Crippen molar-refractivity contribution < 1.29 is 23.9 Å². The fraction of sp³-hybridized carbons (Fsp3) is 0.929. The molecule has 0 aliphatic rings. The maximum absolute atomic E-state index is 11.8.